The van der Waals surface area contributed by atoms with Crippen LogP contribution in [0.1, 0.15) is 40.5 Å². The van der Waals surface area contributed by atoms with Crippen LogP contribution >= 0.6 is 35.0 Å². The molecular weight excluding hydrogens is 467 g/mol. The zero-order valence-corrected chi connectivity index (χ0v) is 17.0. The number of ketones is 1. The smallest absolute Gasteiger partial charge is 0.303 e. The number of Topliss-reactive ketones (excluding diaryl/α,β-unsaturated/α-hetero) is 1. The Hall–Kier alpha value is -1.93. The Morgan fingerprint density at radius 2 is 1.92 bits per heavy atom. The maximum absolute atomic E-state index is 12.7. The van der Waals surface area contributed by atoms with Gasteiger partial charge >= 0.3 is 5.97 Å². The summed E-state index contributed by atoms with van der Waals surface area (Å²) in [5.74, 6) is -1.19. The molecule has 5 nitrogen and oxygen atoms in total. The normalized spacial score (nSPS) is 11.8. The summed E-state index contributed by atoms with van der Waals surface area (Å²) >= 11 is 2.19. The number of carboxylic acid groups (broad SMARTS) is 1. The molecule has 1 heterocycles. The molecule has 0 aliphatic heterocycles. The van der Waals surface area contributed by atoms with Gasteiger partial charge in [-0.1, -0.05) is 24.3 Å². The molecule has 2 N–H and O–H groups in total. The summed E-state index contributed by atoms with van der Waals surface area (Å²) in [4.78, 5) is 31.3. The number of nitrogens with one attached hydrogen (secondary N) is 1. The van der Waals surface area contributed by atoms with E-state index in [0.29, 0.717) is 0 Å². The van der Waals surface area contributed by atoms with E-state index in [-0.39, 0.29) is 42.8 Å². The van der Waals surface area contributed by atoms with Gasteiger partial charge in [-0.25, -0.2) is 4.98 Å². The van der Waals surface area contributed by atoms with Crippen LogP contribution in [0.3, 0.4) is 0 Å². The van der Waals surface area contributed by atoms with E-state index in [9.17, 15) is 14.7 Å². The Kier molecular flexibility index (Phi) is 6.77. The van der Waals surface area contributed by atoms with Crippen molar-refractivity contribution in [3.05, 3.63) is 63.0 Å². The Morgan fingerprint density at radius 1 is 1.19 bits per heavy atom. The van der Waals surface area contributed by atoms with Gasteiger partial charge < -0.3 is 10.1 Å². The number of carbonyl (C=O) groups excluding carboxylic acids is 1. The van der Waals surface area contributed by atoms with Gasteiger partial charge in [0.05, 0.1) is 17.5 Å². The molecule has 0 fully saturated rings. The summed E-state index contributed by atoms with van der Waals surface area (Å²) in [6, 6.07) is 13.3. The molecule has 136 valence electrons. The molecule has 0 spiro atoms. The van der Waals surface area contributed by atoms with E-state index in [1.807, 2.05) is 49.4 Å². The largest absolute Gasteiger partial charge is 0.481 e. The molecule has 0 saturated carbocycles. The monoisotopic (exact) mass is 484 g/mol. The third kappa shape index (κ3) is 4.62. The minimum atomic E-state index is -0.916. The fraction of sp³-hybridized carbons (Fsp3) is 0.211. The summed E-state index contributed by atoms with van der Waals surface area (Å²) in [7, 11) is 0. The molecule has 3 rings (SSSR count). The maximum atomic E-state index is 12.7. The Bertz CT molecular complexity index is 955. The third-order valence-corrected chi connectivity index (χ3v) is 4.86. The van der Waals surface area contributed by atoms with Gasteiger partial charge in [0, 0.05) is 15.9 Å². The van der Waals surface area contributed by atoms with Crippen LogP contribution in [0.2, 0.25) is 0 Å². The fourth-order valence-corrected chi connectivity index (χ4v) is 3.45. The lowest BCUT2D eigenvalue weighted by molar-refractivity contribution is -0.137. The van der Waals surface area contributed by atoms with Crippen molar-refractivity contribution < 1.29 is 14.7 Å². The number of aromatic amines is 1. The number of carboxylic acids is 1. The van der Waals surface area contributed by atoms with Crippen molar-refractivity contribution in [2.24, 2.45) is 0 Å². The molecular formula is C19H18ClIN2O3. The minimum Gasteiger partial charge on any atom is -0.481 e. The molecule has 1 unspecified atom stereocenters. The zero-order chi connectivity index (χ0) is 18.0. The predicted octanol–water partition coefficient (Wildman–Crippen LogP) is 4.73. The second-order valence-corrected chi connectivity index (χ2v) is 7.27. The molecule has 0 bridgehead atoms. The van der Waals surface area contributed by atoms with E-state index in [1.165, 1.54) is 0 Å². The summed E-state index contributed by atoms with van der Waals surface area (Å²) in [5, 5.41) is 9.23. The van der Waals surface area contributed by atoms with Crippen molar-refractivity contribution >= 4 is 57.8 Å². The first kappa shape index (κ1) is 20.4. The fourth-order valence-electron chi connectivity index (χ4n) is 2.98. The first-order valence-electron chi connectivity index (χ1n) is 7.90. The van der Waals surface area contributed by atoms with E-state index < -0.39 is 5.97 Å². The molecule has 1 aromatic heterocycles. The summed E-state index contributed by atoms with van der Waals surface area (Å²) in [6.07, 6.45) is 0.0167. The summed E-state index contributed by atoms with van der Waals surface area (Å²) in [6.45, 7) is 1.93. The molecule has 0 aliphatic carbocycles. The van der Waals surface area contributed by atoms with Crippen LogP contribution in [0.15, 0.2) is 42.5 Å². The number of nitrogens with zero attached hydrogens (tertiary/aromatic N) is 1. The highest BCUT2D eigenvalue weighted by atomic mass is 127. The summed E-state index contributed by atoms with van der Waals surface area (Å²) in [5.41, 5.74) is 3.42. The van der Waals surface area contributed by atoms with Crippen LogP contribution in [0.4, 0.5) is 0 Å². The molecule has 7 heteroatoms. The number of aliphatic carboxylic acids is 1. The predicted molar refractivity (Wildman–Crippen MR) is 111 cm³/mol. The van der Waals surface area contributed by atoms with Gasteiger partial charge in [0.2, 0.25) is 0 Å². The lowest BCUT2D eigenvalue weighted by Gasteiger charge is -2.16. The average molecular weight is 485 g/mol. The number of fused-ring (bicyclic) bond motifs is 1. The SMILES string of the molecule is Cc1ccccc1C(CC(=O)O)CC(=O)c1nc2cc(I)ccc2[nH]1.Cl. The average Bonchev–Trinajstić information content (AvgIpc) is 2.97. The van der Waals surface area contributed by atoms with Gasteiger partial charge in [0.1, 0.15) is 0 Å². The number of H-pyrrole nitrogens is 1. The van der Waals surface area contributed by atoms with Gasteiger partial charge in [0.25, 0.3) is 0 Å². The second kappa shape index (κ2) is 8.64. The van der Waals surface area contributed by atoms with Crippen molar-refractivity contribution in [1.82, 2.24) is 9.97 Å². The highest BCUT2D eigenvalue weighted by molar-refractivity contribution is 14.1. The number of hydrogen-bond acceptors (Lipinski definition) is 3. The van der Waals surface area contributed by atoms with Gasteiger partial charge in [-0.15, -0.1) is 12.4 Å². The Morgan fingerprint density at radius 3 is 2.62 bits per heavy atom. The van der Waals surface area contributed by atoms with E-state index in [4.69, 9.17) is 0 Å². The molecule has 1 atom stereocenters. The van der Waals surface area contributed by atoms with Crippen molar-refractivity contribution in [2.75, 3.05) is 0 Å². The quantitative estimate of drug-likeness (QED) is 0.391. The number of aryl methyl sites for hydroxylation is 1. The van der Waals surface area contributed by atoms with Crippen LogP contribution in [0.5, 0.6) is 0 Å². The van der Waals surface area contributed by atoms with Crippen LogP contribution in [-0.4, -0.2) is 26.8 Å². The number of rotatable bonds is 6. The number of hydrogen-bond donors (Lipinski definition) is 2. The molecule has 0 amide bonds. The lowest BCUT2D eigenvalue weighted by Crippen LogP contribution is -2.14. The Labute approximate surface area is 170 Å². The second-order valence-electron chi connectivity index (χ2n) is 6.03. The van der Waals surface area contributed by atoms with Gasteiger partial charge in [-0.3, -0.25) is 9.59 Å². The minimum absolute atomic E-state index is 0. The number of benzene rings is 2. The molecule has 0 radical (unpaired) electrons. The van der Waals surface area contributed by atoms with Crippen LogP contribution in [0, 0.1) is 10.5 Å². The van der Waals surface area contributed by atoms with Crippen LogP contribution in [0.25, 0.3) is 11.0 Å². The summed E-state index contributed by atoms with van der Waals surface area (Å²) < 4.78 is 1.04. The van der Waals surface area contributed by atoms with Crippen molar-refractivity contribution in [2.45, 2.75) is 25.7 Å². The zero-order valence-electron chi connectivity index (χ0n) is 14.0. The maximum Gasteiger partial charge on any atom is 0.303 e. The first-order chi connectivity index (χ1) is 11.9. The van der Waals surface area contributed by atoms with Crippen molar-refractivity contribution in [3.8, 4) is 0 Å². The van der Waals surface area contributed by atoms with Gasteiger partial charge in [0.15, 0.2) is 11.6 Å². The van der Waals surface area contributed by atoms with E-state index in [2.05, 4.69) is 32.6 Å². The standard InChI is InChI=1S/C19H17IN2O3.ClH/c1-11-4-2-3-5-14(11)12(9-18(24)25)8-17(23)19-21-15-7-6-13(20)10-16(15)22-19;/h2-7,10,12H,8-9H2,1H3,(H,21,22)(H,24,25);1H. The van der Waals surface area contributed by atoms with Crippen molar-refractivity contribution in [1.29, 1.82) is 0 Å². The highest BCUT2D eigenvalue weighted by Gasteiger charge is 2.23. The van der Waals surface area contributed by atoms with Crippen LogP contribution < -0.4 is 0 Å². The Balaban J connectivity index is 0.00000243. The molecule has 0 saturated heterocycles. The number of imidazole rings is 1. The number of carbonyl (C=O) groups is 2. The van der Waals surface area contributed by atoms with Crippen molar-refractivity contribution in [3.63, 3.8) is 0 Å². The first-order valence-corrected chi connectivity index (χ1v) is 8.97. The van der Waals surface area contributed by atoms with Gasteiger partial charge in [-0.05, 0) is 58.8 Å². The molecule has 3 aromatic rings. The van der Waals surface area contributed by atoms with E-state index >= 15 is 0 Å². The molecule has 26 heavy (non-hydrogen) atoms. The third-order valence-electron chi connectivity index (χ3n) is 4.19. The van der Waals surface area contributed by atoms with E-state index in [0.717, 1.165) is 25.7 Å². The van der Waals surface area contributed by atoms with Crippen LogP contribution in [-0.2, 0) is 4.79 Å². The van der Waals surface area contributed by atoms with Gasteiger partial charge in [-0.2, -0.15) is 0 Å². The van der Waals surface area contributed by atoms with E-state index in [1.54, 1.807) is 0 Å². The highest BCUT2D eigenvalue weighted by Crippen LogP contribution is 2.28. The lowest BCUT2D eigenvalue weighted by atomic mass is 9.88. The number of aromatic nitrogens is 2. The topological polar surface area (TPSA) is 83.0 Å². The molecule has 2 aromatic carbocycles. The molecule has 0 aliphatic rings. The number of halogens is 2.